The van der Waals surface area contributed by atoms with Gasteiger partial charge < -0.3 is 10.2 Å². The van der Waals surface area contributed by atoms with E-state index in [0.29, 0.717) is 18.7 Å². The molecule has 2 amide bonds. The van der Waals surface area contributed by atoms with Gasteiger partial charge in [0.2, 0.25) is 21.8 Å². The Morgan fingerprint density at radius 1 is 1.03 bits per heavy atom. The molecular weight excluding hydrogens is 482 g/mol. The van der Waals surface area contributed by atoms with Gasteiger partial charge in [-0.2, -0.15) is 0 Å². The van der Waals surface area contributed by atoms with E-state index in [9.17, 15) is 18.0 Å². The molecule has 0 fully saturated rings. The molecule has 0 unspecified atom stereocenters. The molecular formula is C22H28BrN3O4S. The standard InChI is InChI=1S/C22H28BrN3O4S/c1-4-20(22(28)24-5-2)25(15-17-9-7-6-8-10-17)21(27)16-26(31(3,29)30)19-13-11-18(23)12-14-19/h6-14,20H,4-5,15-16H2,1-3H3,(H,24,28)/t20-/m0/s1. The highest BCUT2D eigenvalue weighted by molar-refractivity contribution is 9.10. The summed E-state index contributed by atoms with van der Waals surface area (Å²) in [5, 5.41) is 2.77. The second kappa shape index (κ2) is 11.3. The lowest BCUT2D eigenvalue weighted by atomic mass is 10.1. The summed E-state index contributed by atoms with van der Waals surface area (Å²) in [6.45, 7) is 3.88. The number of nitrogens with one attached hydrogen (secondary N) is 1. The van der Waals surface area contributed by atoms with Gasteiger partial charge in [-0.1, -0.05) is 53.2 Å². The van der Waals surface area contributed by atoms with Crippen LogP contribution in [0.25, 0.3) is 0 Å². The van der Waals surface area contributed by atoms with Crippen molar-refractivity contribution >= 4 is 43.5 Å². The molecule has 0 spiro atoms. The van der Waals surface area contributed by atoms with Crippen LogP contribution in [-0.2, 0) is 26.2 Å². The van der Waals surface area contributed by atoms with Crippen LogP contribution >= 0.6 is 15.9 Å². The van der Waals surface area contributed by atoms with E-state index in [1.165, 1.54) is 4.90 Å². The van der Waals surface area contributed by atoms with Gasteiger partial charge in [0.25, 0.3) is 0 Å². The SMILES string of the molecule is CCNC(=O)[C@H](CC)N(Cc1ccccc1)C(=O)CN(c1ccc(Br)cc1)S(C)(=O)=O. The largest absolute Gasteiger partial charge is 0.355 e. The molecule has 0 saturated carbocycles. The van der Waals surface area contributed by atoms with E-state index in [4.69, 9.17) is 0 Å². The summed E-state index contributed by atoms with van der Waals surface area (Å²) in [6.07, 6.45) is 1.46. The van der Waals surface area contributed by atoms with Crippen LogP contribution in [0.3, 0.4) is 0 Å². The molecule has 1 N–H and O–H groups in total. The molecule has 7 nitrogen and oxygen atoms in total. The number of carbonyl (C=O) groups is 2. The topological polar surface area (TPSA) is 86.8 Å². The van der Waals surface area contributed by atoms with Crippen LogP contribution < -0.4 is 9.62 Å². The minimum absolute atomic E-state index is 0.202. The highest BCUT2D eigenvalue weighted by Crippen LogP contribution is 2.22. The summed E-state index contributed by atoms with van der Waals surface area (Å²) in [5.74, 6) is -0.709. The average molecular weight is 510 g/mol. The Kier molecular flexibility index (Phi) is 9.06. The molecule has 2 aromatic carbocycles. The Labute approximate surface area is 192 Å². The molecule has 9 heteroatoms. The predicted molar refractivity (Wildman–Crippen MR) is 126 cm³/mol. The molecule has 0 aromatic heterocycles. The molecule has 0 heterocycles. The van der Waals surface area contributed by atoms with Crippen molar-refractivity contribution in [2.45, 2.75) is 32.9 Å². The number of hydrogen-bond acceptors (Lipinski definition) is 4. The minimum atomic E-state index is -3.73. The highest BCUT2D eigenvalue weighted by Gasteiger charge is 2.31. The quantitative estimate of drug-likeness (QED) is 0.532. The van der Waals surface area contributed by atoms with Gasteiger partial charge in [-0.25, -0.2) is 8.42 Å². The molecule has 168 valence electrons. The third kappa shape index (κ3) is 7.07. The first-order chi connectivity index (χ1) is 14.7. The molecule has 2 rings (SSSR count). The molecule has 0 aliphatic rings. The van der Waals surface area contributed by atoms with Crippen LogP contribution in [0.5, 0.6) is 0 Å². The van der Waals surface area contributed by atoms with E-state index in [-0.39, 0.29) is 12.5 Å². The van der Waals surface area contributed by atoms with E-state index in [1.807, 2.05) is 44.2 Å². The molecule has 0 radical (unpaired) electrons. The molecule has 0 saturated heterocycles. The third-order valence-corrected chi connectivity index (χ3v) is 6.40. The normalized spacial score (nSPS) is 12.1. The first-order valence-corrected chi connectivity index (χ1v) is 12.7. The van der Waals surface area contributed by atoms with E-state index >= 15 is 0 Å². The summed E-state index contributed by atoms with van der Waals surface area (Å²) >= 11 is 3.33. The average Bonchev–Trinajstić information content (AvgIpc) is 2.72. The fourth-order valence-corrected chi connectivity index (χ4v) is 4.33. The third-order valence-electron chi connectivity index (χ3n) is 4.73. The Hall–Kier alpha value is -2.39. The van der Waals surface area contributed by atoms with Crippen molar-refractivity contribution in [3.8, 4) is 0 Å². The van der Waals surface area contributed by atoms with Gasteiger partial charge >= 0.3 is 0 Å². The Balaban J connectivity index is 2.39. The van der Waals surface area contributed by atoms with E-state index < -0.39 is 28.5 Å². The summed E-state index contributed by atoms with van der Waals surface area (Å²) in [5.41, 5.74) is 1.23. The lowest BCUT2D eigenvalue weighted by molar-refractivity contribution is -0.140. The van der Waals surface area contributed by atoms with E-state index in [2.05, 4.69) is 21.2 Å². The second-order valence-electron chi connectivity index (χ2n) is 7.07. The number of carbonyl (C=O) groups excluding carboxylic acids is 2. The maximum Gasteiger partial charge on any atom is 0.244 e. The Morgan fingerprint density at radius 2 is 1.65 bits per heavy atom. The lowest BCUT2D eigenvalue weighted by Crippen LogP contribution is -2.52. The van der Waals surface area contributed by atoms with Crippen LogP contribution in [0.2, 0.25) is 0 Å². The van der Waals surface area contributed by atoms with Gasteiger partial charge in [0, 0.05) is 17.6 Å². The monoisotopic (exact) mass is 509 g/mol. The van der Waals surface area contributed by atoms with Crippen molar-refractivity contribution in [3.63, 3.8) is 0 Å². The molecule has 1 atom stereocenters. The zero-order valence-corrected chi connectivity index (χ0v) is 20.3. The molecule has 2 aromatic rings. The smallest absolute Gasteiger partial charge is 0.244 e. The molecule has 0 bridgehead atoms. The Bertz CT molecular complexity index is 982. The second-order valence-corrected chi connectivity index (χ2v) is 9.89. The lowest BCUT2D eigenvalue weighted by Gasteiger charge is -2.32. The number of halogens is 1. The van der Waals surface area contributed by atoms with Crippen LogP contribution in [-0.4, -0.2) is 50.5 Å². The summed E-state index contributed by atoms with van der Waals surface area (Å²) in [6, 6.07) is 15.3. The van der Waals surface area contributed by atoms with E-state index in [0.717, 1.165) is 20.6 Å². The molecule has 31 heavy (non-hydrogen) atoms. The fraction of sp³-hybridized carbons (Fsp3) is 0.364. The van der Waals surface area contributed by atoms with Gasteiger partial charge in [0.05, 0.1) is 11.9 Å². The van der Waals surface area contributed by atoms with Gasteiger partial charge in [0.1, 0.15) is 12.6 Å². The van der Waals surface area contributed by atoms with Crippen molar-refractivity contribution in [2.75, 3.05) is 23.7 Å². The van der Waals surface area contributed by atoms with Gasteiger partial charge in [0.15, 0.2) is 0 Å². The van der Waals surface area contributed by atoms with Crippen molar-refractivity contribution in [1.29, 1.82) is 0 Å². The maximum absolute atomic E-state index is 13.4. The van der Waals surface area contributed by atoms with Gasteiger partial charge in [-0.15, -0.1) is 0 Å². The van der Waals surface area contributed by atoms with Crippen LogP contribution in [0.1, 0.15) is 25.8 Å². The predicted octanol–water partition coefficient (Wildman–Crippen LogP) is 3.16. The van der Waals surface area contributed by atoms with Crippen molar-refractivity contribution in [1.82, 2.24) is 10.2 Å². The van der Waals surface area contributed by atoms with E-state index in [1.54, 1.807) is 24.3 Å². The highest BCUT2D eigenvalue weighted by atomic mass is 79.9. The van der Waals surface area contributed by atoms with Crippen LogP contribution in [0.4, 0.5) is 5.69 Å². The summed E-state index contributed by atoms with van der Waals surface area (Å²) in [4.78, 5) is 27.5. The van der Waals surface area contributed by atoms with Crippen LogP contribution in [0.15, 0.2) is 59.1 Å². The number of anilines is 1. The Morgan fingerprint density at radius 3 is 2.16 bits per heavy atom. The van der Waals surface area contributed by atoms with Gasteiger partial charge in [-0.3, -0.25) is 13.9 Å². The molecule has 0 aliphatic heterocycles. The number of likely N-dealkylation sites (N-methyl/N-ethyl adjacent to an activating group) is 1. The fourth-order valence-electron chi connectivity index (χ4n) is 3.21. The van der Waals surface area contributed by atoms with Gasteiger partial charge in [-0.05, 0) is 43.2 Å². The van der Waals surface area contributed by atoms with Crippen molar-refractivity contribution in [3.05, 3.63) is 64.6 Å². The zero-order valence-electron chi connectivity index (χ0n) is 17.9. The number of nitrogens with zero attached hydrogens (tertiary/aromatic N) is 2. The summed E-state index contributed by atoms with van der Waals surface area (Å²) < 4.78 is 26.8. The number of amides is 2. The first kappa shape index (κ1) is 24.9. The van der Waals surface area contributed by atoms with Crippen LogP contribution in [0, 0.1) is 0 Å². The number of benzene rings is 2. The van der Waals surface area contributed by atoms with Crippen molar-refractivity contribution < 1.29 is 18.0 Å². The maximum atomic E-state index is 13.4. The zero-order chi connectivity index (χ0) is 23.0. The number of rotatable bonds is 10. The molecule has 0 aliphatic carbocycles. The number of hydrogen-bond donors (Lipinski definition) is 1. The first-order valence-electron chi connectivity index (χ1n) is 10.0. The number of sulfonamides is 1. The van der Waals surface area contributed by atoms with Crippen molar-refractivity contribution in [2.24, 2.45) is 0 Å². The summed E-state index contributed by atoms with van der Waals surface area (Å²) in [7, 11) is -3.73. The minimum Gasteiger partial charge on any atom is -0.355 e.